The predicted octanol–water partition coefficient (Wildman–Crippen LogP) is 4.33. The van der Waals surface area contributed by atoms with Crippen LogP contribution in [0.25, 0.3) is 0 Å². The molecule has 0 fully saturated rings. The van der Waals surface area contributed by atoms with E-state index in [4.69, 9.17) is 11.6 Å². The third-order valence-electron chi connectivity index (χ3n) is 3.96. The summed E-state index contributed by atoms with van der Waals surface area (Å²) < 4.78 is 0. The van der Waals surface area contributed by atoms with Gasteiger partial charge >= 0.3 is 0 Å². The van der Waals surface area contributed by atoms with Crippen LogP contribution in [0.15, 0.2) is 47.4 Å². The largest absolute Gasteiger partial charge is 0.508 e. The highest BCUT2D eigenvalue weighted by Gasteiger charge is 2.22. The highest BCUT2D eigenvalue weighted by molar-refractivity contribution is 7.99. The normalized spacial score (nSPS) is 16.7. The molecule has 2 N–H and O–H groups in total. The molecule has 3 nitrogen and oxygen atoms in total. The van der Waals surface area contributed by atoms with Crippen LogP contribution in [0.4, 0.5) is 0 Å². The van der Waals surface area contributed by atoms with Gasteiger partial charge < -0.3 is 10.4 Å². The van der Waals surface area contributed by atoms with Gasteiger partial charge in [0.25, 0.3) is 0 Å². The van der Waals surface area contributed by atoms with Gasteiger partial charge in [0.2, 0.25) is 5.91 Å². The molecule has 0 aliphatic carbocycles. The molecule has 3 rings (SSSR count). The number of phenols is 1. The lowest BCUT2D eigenvalue weighted by Gasteiger charge is -2.26. The van der Waals surface area contributed by atoms with E-state index < -0.39 is 0 Å². The fraction of sp³-hybridized carbons (Fsp3) is 0.278. The molecule has 5 heteroatoms. The highest BCUT2D eigenvalue weighted by atomic mass is 35.5. The predicted molar refractivity (Wildman–Crippen MR) is 94.1 cm³/mol. The van der Waals surface area contributed by atoms with Crippen LogP contribution in [0.1, 0.15) is 30.0 Å². The van der Waals surface area contributed by atoms with E-state index >= 15 is 0 Å². The van der Waals surface area contributed by atoms with Crippen LogP contribution in [-0.2, 0) is 11.2 Å². The van der Waals surface area contributed by atoms with Crippen LogP contribution in [0.2, 0.25) is 5.02 Å². The van der Waals surface area contributed by atoms with Crippen molar-refractivity contribution >= 4 is 29.3 Å². The number of hydrogen-bond acceptors (Lipinski definition) is 3. The van der Waals surface area contributed by atoms with Crippen molar-refractivity contribution < 1.29 is 9.90 Å². The lowest BCUT2D eigenvalue weighted by atomic mass is 10.0. The zero-order chi connectivity index (χ0) is 16.2. The average Bonchev–Trinajstić information content (AvgIpc) is 2.55. The quantitative estimate of drug-likeness (QED) is 0.865. The Morgan fingerprint density at radius 2 is 2.13 bits per heavy atom. The number of aromatic hydroxyl groups is 1. The molecule has 1 atom stereocenters. The van der Waals surface area contributed by atoms with Crippen LogP contribution < -0.4 is 5.32 Å². The van der Waals surface area contributed by atoms with Crippen LogP contribution in [0.3, 0.4) is 0 Å². The van der Waals surface area contributed by atoms with E-state index in [1.54, 1.807) is 23.9 Å². The molecule has 0 saturated carbocycles. The molecule has 0 spiro atoms. The molecule has 0 bridgehead atoms. The molecule has 2 aromatic carbocycles. The van der Waals surface area contributed by atoms with Crippen molar-refractivity contribution in [1.29, 1.82) is 0 Å². The maximum atomic E-state index is 12.3. The Labute approximate surface area is 145 Å². The second kappa shape index (κ2) is 7.28. The van der Waals surface area contributed by atoms with Gasteiger partial charge in [-0.05, 0) is 48.2 Å². The third-order valence-corrected chi connectivity index (χ3v) is 5.32. The topological polar surface area (TPSA) is 49.3 Å². The molecule has 0 radical (unpaired) electrons. The Balaban J connectivity index is 1.63. The first-order valence-electron chi connectivity index (χ1n) is 7.62. The molecule has 0 saturated heterocycles. The van der Waals surface area contributed by atoms with Crippen molar-refractivity contribution in [2.24, 2.45) is 0 Å². The maximum absolute atomic E-state index is 12.3. The van der Waals surface area contributed by atoms with E-state index in [-0.39, 0.29) is 17.7 Å². The second-order valence-electron chi connectivity index (χ2n) is 5.57. The molecule has 0 aromatic heterocycles. The first-order valence-corrected chi connectivity index (χ1v) is 8.98. The third kappa shape index (κ3) is 4.01. The van der Waals surface area contributed by atoms with Gasteiger partial charge in [-0.2, -0.15) is 0 Å². The lowest BCUT2D eigenvalue weighted by molar-refractivity contribution is -0.121. The van der Waals surface area contributed by atoms with Gasteiger partial charge in [-0.25, -0.2) is 0 Å². The summed E-state index contributed by atoms with van der Waals surface area (Å²) >= 11 is 7.88. The Bertz CT molecular complexity index is 720. The summed E-state index contributed by atoms with van der Waals surface area (Å²) in [6.07, 6.45) is 1.79. The van der Waals surface area contributed by atoms with Crippen molar-refractivity contribution in [3.8, 4) is 5.75 Å². The Morgan fingerprint density at radius 1 is 1.30 bits per heavy atom. The number of amides is 1. The number of aryl methyl sites for hydroxylation is 1. The smallest absolute Gasteiger partial charge is 0.220 e. The van der Waals surface area contributed by atoms with Crippen LogP contribution in [-0.4, -0.2) is 16.8 Å². The highest BCUT2D eigenvalue weighted by Crippen LogP contribution is 2.37. The average molecular weight is 348 g/mol. The van der Waals surface area contributed by atoms with E-state index in [9.17, 15) is 9.90 Å². The van der Waals surface area contributed by atoms with Crippen molar-refractivity contribution in [3.05, 3.63) is 58.6 Å². The molecular formula is C18H18ClNO2S. The van der Waals surface area contributed by atoms with E-state index in [1.807, 2.05) is 30.3 Å². The fourth-order valence-corrected chi connectivity index (χ4v) is 4.04. The van der Waals surface area contributed by atoms with E-state index in [1.165, 1.54) is 4.90 Å². The lowest BCUT2D eigenvalue weighted by Crippen LogP contribution is -2.30. The molecule has 120 valence electrons. The van der Waals surface area contributed by atoms with Crippen molar-refractivity contribution in [2.75, 3.05) is 5.75 Å². The van der Waals surface area contributed by atoms with E-state index in [0.717, 1.165) is 23.3 Å². The van der Waals surface area contributed by atoms with Gasteiger partial charge in [0, 0.05) is 22.1 Å². The number of nitrogens with one attached hydrogen (secondary N) is 1. The van der Waals surface area contributed by atoms with Gasteiger partial charge in [0.05, 0.1) is 6.04 Å². The minimum atomic E-state index is -0.00363. The van der Waals surface area contributed by atoms with Gasteiger partial charge in [-0.1, -0.05) is 29.8 Å². The number of thioether (sulfide) groups is 1. The molecule has 1 aliphatic rings. The number of benzene rings is 2. The van der Waals surface area contributed by atoms with Crippen LogP contribution in [0.5, 0.6) is 5.75 Å². The summed E-state index contributed by atoms with van der Waals surface area (Å²) in [5, 5.41) is 13.6. The van der Waals surface area contributed by atoms with Crippen molar-refractivity contribution in [3.63, 3.8) is 0 Å². The zero-order valence-electron chi connectivity index (χ0n) is 12.6. The molecule has 23 heavy (non-hydrogen) atoms. The number of rotatable bonds is 4. The van der Waals surface area contributed by atoms with Gasteiger partial charge in [-0.15, -0.1) is 11.8 Å². The summed E-state index contributed by atoms with van der Waals surface area (Å²) in [5.41, 5.74) is 1.90. The Hall–Kier alpha value is -1.65. The maximum Gasteiger partial charge on any atom is 0.220 e. The summed E-state index contributed by atoms with van der Waals surface area (Å²) in [5.74, 6) is 1.22. The van der Waals surface area contributed by atoms with E-state index in [0.29, 0.717) is 17.9 Å². The van der Waals surface area contributed by atoms with Crippen LogP contribution in [0, 0.1) is 0 Å². The van der Waals surface area contributed by atoms with E-state index in [2.05, 4.69) is 5.32 Å². The first kappa shape index (κ1) is 16.2. The minimum absolute atomic E-state index is 0.00363. The summed E-state index contributed by atoms with van der Waals surface area (Å²) in [6.45, 7) is 0. The molecule has 1 heterocycles. The number of para-hydroxylation sites is 1. The number of fused-ring (bicyclic) bond motifs is 1. The summed E-state index contributed by atoms with van der Waals surface area (Å²) in [6, 6.07) is 13.0. The van der Waals surface area contributed by atoms with Crippen LogP contribution >= 0.6 is 23.4 Å². The minimum Gasteiger partial charge on any atom is -0.508 e. The molecule has 1 unspecified atom stereocenters. The Morgan fingerprint density at radius 3 is 2.96 bits per heavy atom. The second-order valence-corrected chi connectivity index (χ2v) is 7.14. The molecule has 1 amide bonds. The van der Waals surface area contributed by atoms with Gasteiger partial charge in [-0.3, -0.25) is 4.79 Å². The fourth-order valence-electron chi connectivity index (χ4n) is 2.75. The number of phenolic OH excluding ortho intramolecular Hbond substituents is 1. The molecule has 1 aliphatic heterocycles. The first-order chi connectivity index (χ1) is 11.1. The van der Waals surface area contributed by atoms with Gasteiger partial charge in [0.15, 0.2) is 0 Å². The molecular weight excluding hydrogens is 330 g/mol. The summed E-state index contributed by atoms with van der Waals surface area (Å²) in [7, 11) is 0. The number of carbonyl (C=O) groups excluding carboxylic acids is 1. The van der Waals surface area contributed by atoms with Crippen molar-refractivity contribution in [1.82, 2.24) is 5.32 Å². The standard InChI is InChI=1S/C18H18ClNO2S/c19-13-6-7-17-14(11-13)15(9-10-23-17)20-18(22)8-5-12-3-1-2-4-16(12)21/h1-4,6-7,11,15,21H,5,8-10H2,(H,20,22). The number of hydrogen-bond donors (Lipinski definition) is 2. The number of carbonyl (C=O) groups is 1. The van der Waals surface area contributed by atoms with Gasteiger partial charge in [0.1, 0.15) is 5.75 Å². The number of halogens is 1. The van der Waals surface area contributed by atoms with Crippen molar-refractivity contribution in [2.45, 2.75) is 30.2 Å². The zero-order valence-corrected chi connectivity index (χ0v) is 14.2. The Kier molecular flexibility index (Phi) is 5.13. The monoisotopic (exact) mass is 347 g/mol. The summed E-state index contributed by atoms with van der Waals surface area (Å²) in [4.78, 5) is 13.4. The molecule has 2 aromatic rings. The SMILES string of the molecule is O=C(CCc1ccccc1O)NC1CCSc2ccc(Cl)cc21.